The Morgan fingerprint density at radius 2 is 1.00 bits per heavy atom. The second-order valence-corrected chi connectivity index (χ2v) is 2.95. The zero-order valence-electron chi connectivity index (χ0n) is 8.57. The molecule has 0 unspecified atom stereocenters. The third kappa shape index (κ3) is 2.23. The molecule has 0 N–H and O–H groups in total. The van der Waals surface area contributed by atoms with Crippen molar-refractivity contribution in [2.75, 3.05) is 0 Å². The van der Waals surface area contributed by atoms with Crippen LogP contribution in [0.15, 0.2) is 25.3 Å². The van der Waals surface area contributed by atoms with Crippen molar-refractivity contribution in [1.29, 1.82) is 0 Å². The van der Waals surface area contributed by atoms with E-state index in [1.807, 2.05) is 0 Å². The predicted molar refractivity (Wildman–Crippen MR) is 56.6 cm³/mol. The van der Waals surface area contributed by atoms with Gasteiger partial charge in [0.1, 0.15) is 0 Å². The Bertz CT molecular complexity index is 232. The monoisotopic (exact) mass is 162 g/mol. The van der Waals surface area contributed by atoms with Crippen LogP contribution in [-0.2, 0) is 0 Å². The van der Waals surface area contributed by atoms with Crippen LogP contribution < -0.4 is 0 Å². The maximum absolute atomic E-state index is 3.00. The molecule has 12 heavy (non-hydrogen) atoms. The molecule has 0 aromatic heterocycles. The lowest BCUT2D eigenvalue weighted by molar-refractivity contribution is 1.22. The average molecular weight is 162 g/mol. The number of rotatable bonds is 0. The van der Waals surface area contributed by atoms with E-state index in [9.17, 15) is 0 Å². The van der Waals surface area contributed by atoms with E-state index < -0.39 is 0 Å². The quantitative estimate of drug-likeness (QED) is 0.510. The van der Waals surface area contributed by atoms with Crippen LogP contribution in [-0.4, -0.2) is 0 Å². The molecule has 0 saturated carbocycles. The SMILES string of the molecule is C=C.Cc1ccc(C)c(C)c1C. The minimum atomic E-state index is 1.39. The number of hydrogen-bond acceptors (Lipinski definition) is 0. The van der Waals surface area contributed by atoms with Crippen molar-refractivity contribution in [2.24, 2.45) is 0 Å². The van der Waals surface area contributed by atoms with Crippen LogP contribution in [0.25, 0.3) is 0 Å². The second kappa shape index (κ2) is 4.76. The van der Waals surface area contributed by atoms with Crippen LogP contribution in [0, 0.1) is 27.7 Å². The van der Waals surface area contributed by atoms with Gasteiger partial charge in [-0.3, -0.25) is 0 Å². The summed E-state index contributed by atoms with van der Waals surface area (Å²) in [4.78, 5) is 0. The molecule has 0 heteroatoms. The molecule has 0 fully saturated rings. The van der Waals surface area contributed by atoms with E-state index in [2.05, 4.69) is 53.0 Å². The summed E-state index contributed by atoms with van der Waals surface area (Å²) in [6, 6.07) is 4.36. The van der Waals surface area contributed by atoms with Crippen LogP contribution in [0.3, 0.4) is 0 Å². The van der Waals surface area contributed by atoms with Gasteiger partial charge in [-0.15, -0.1) is 13.2 Å². The number of hydrogen-bond donors (Lipinski definition) is 0. The molecule has 0 spiro atoms. The average Bonchev–Trinajstić information content (AvgIpc) is 2.12. The van der Waals surface area contributed by atoms with E-state index >= 15 is 0 Å². The maximum Gasteiger partial charge on any atom is -0.0392 e. The molecule has 0 heterocycles. The van der Waals surface area contributed by atoms with E-state index in [1.165, 1.54) is 22.3 Å². The summed E-state index contributed by atoms with van der Waals surface area (Å²) >= 11 is 0. The summed E-state index contributed by atoms with van der Waals surface area (Å²) < 4.78 is 0. The van der Waals surface area contributed by atoms with Gasteiger partial charge >= 0.3 is 0 Å². The van der Waals surface area contributed by atoms with E-state index in [0.717, 1.165) is 0 Å². The lowest BCUT2D eigenvalue weighted by atomic mass is 10.0. The maximum atomic E-state index is 3.00. The van der Waals surface area contributed by atoms with E-state index in [1.54, 1.807) is 0 Å². The Labute approximate surface area is 75.9 Å². The van der Waals surface area contributed by atoms with Gasteiger partial charge < -0.3 is 0 Å². The molecule has 66 valence electrons. The third-order valence-corrected chi connectivity index (χ3v) is 2.33. The molecule has 0 aliphatic rings. The summed E-state index contributed by atoms with van der Waals surface area (Å²) in [5.41, 5.74) is 5.64. The van der Waals surface area contributed by atoms with Gasteiger partial charge in [-0.1, -0.05) is 12.1 Å². The summed E-state index contributed by atoms with van der Waals surface area (Å²) in [5.74, 6) is 0. The van der Waals surface area contributed by atoms with Crippen molar-refractivity contribution in [3.8, 4) is 0 Å². The molecule has 1 rings (SSSR count). The first-order chi connectivity index (χ1) is 5.63. The van der Waals surface area contributed by atoms with Crippen LogP contribution >= 0.6 is 0 Å². The Morgan fingerprint density at radius 3 is 1.25 bits per heavy atom. The summed E-state index contributed by atoms with van der Waals surface area (Å²) in [5, 5.41) is 0. The standard InChI is InChI=1S/C10H14.C2H4/c1-7-5-6-8(2)10(4)9(7)3;1-2/h5-6H,1-4H3;1-2H2. The highest BCUT2D eigenvalue weighted by molar-refractivity contribution is 5.37. The third-order valence-electron chi connectivity index (χ3n) is 2.33. The second-order valence-electron chi connectivity index (χ2n) is 2.95. The number of benzene rings is 1. The Hall–Kier alpha value is -1.04. The molecule has 0 saturated heterocycles. The predicted octanol–water partition coefficient (Wildman–Crippen LogP) is 3.72. The molecule has 0 bridgehead atoms. The Morgan fingerprint density at radius 1 is 0.750 bits per heavy atom. The molecule has 0 radical (unpaired) electrons. The molecular weight excluding hydrogens is 144 g/mol. The van der Waals surface area contributed by atoms with Crippen LogP contribution in [0.2, 0.25) is 0 Å². The molecule has 0 aliphatic carbocycles. The lowest BCUT2D eigenvalue weighted by Gasteiger charge is -2.06. The Balaban J connectivity index is 0.000000561. The fraction of sp³-hybridized carbons (Fsp3) is 0.333. The zero-order chi connectivity index (χ0) is 9.72. The van der Waals surface area contributed by atoms with E-state index in [-0.39, 0.29) is 0 Å². The van der Waals surface area contributed by atoms with Crippen molar-refractivity contribution in [1.82, 2.24) is 0 Å². The topological polar surface area (TPSA) is 0 Å². The Kier molecular flexibility index (Phi) is 4.35. The minimum absolute atomic E-state index is 1.39. The van der Waals surface area contributed by atoms with Gasteiger partial charge in [-0.25, -0.2) is 0 Å². The van der Waals surface area contributed by atoms with Crippen LogP contribution in [0.4, 0.5) is 0 Å². The summed E-state index contributed by atoms with van der Waals surface area (Å²) in [6.45, 7) is 14.7. The molecule has 1 aromatic rings. The van der Waals surface area contributed by atoms with Gasteiger partial charge in [0.2, 0.25) is 0 Å². The van der Waals surface area contributed by atoms with Gasteiger partial charge in [0.05, 0.1) is 0 Å². The minimum Gasteiger partial charge on any atom is -0.106 e. The largest absolute Gasteiger partial charge is 0.106 e. The van der Waals surface area contributed by atoms with Crippen LogP contribution in [0.5, 0.6) is 0 Å². The molecule has 0 aliphatic heterocycles. The molecular formula is C12H18. The van der Waals surface area contributed by atoms with Crippen molar-refractivity contribution >= 4 is 0 Å². The van der Waals surface area contributed by atoms with Gasteiger partial charge in [0.15, 0.2) is 0 Å². The molecule has 0 atom stereocenters. The number of aryl methyl sites for hydroxylation is 2. The highest BCUT2D eigenvalue weighted by atomic mass is 14.0. The normalized spacial score (nSPS) is 8.67. The molecule has 1 aromatic carbocycles. The van der Waals surface area contributed by atoms with E-state index in [4.69, 9.17) is 0 Å². The van der Waals surface area contributed by atoms with Crippen LogP contribution in [0.1, 0.15) is 22.3 Å². The molecule has 0 amide bonds. The first kappa shape index (κ1) is 11.0. The van der Waals surface area contributed by atoms with Gasteiger partial charge in [-0.05, 0) is 49.9 Å². The first-order valence-corrected chi connectivity index (χ1v) is 4.16. The summed E-state index contributed by atoms with van der Waals surface area (Å²) in [7, 11) is 0. The first-order valence-electron chi connectivity index (χ1n) is 4.16. The fourth-order valence-electron chi connectivity index (χ4n) is 1.09. The smallest absolute Gasteiger partial charge is 0.0392 e. The highest BCUT2D eigenvalue weighted by Gasteiger charge is 1.97. The van der Waals surface area contributed by atoms with Gasteiger partial charge in [-0.2, -0.15) is 0 Å². The van der Waals surface area contributed by atoms with Crippen molar-refractivity contribution in [2.45, 2.75) is 27.7 Å². The van der Waals surface area contributed by atoms with Crippen molar-refractivity contribution < 1.29 is 0 Å². The van der Waals surface area contributed by atoms with Gasteiger partial charge in [0, 0.05) is 0 Å². The van der Waals surface area contributed by atoms with Gasteiger partial charge in [0.25, 0.3) is 0 Å². The lowest BCUT2D eigenvalue weighted by Crippen LogP contribution is -1.88. The van der Waals surface area contributed by atoms with Crippen molar-refractivity contribution in [3.63, 3.8) is 0 Å². The van der Waals surface area contributed by atoms with E-state index in [0.29, 0.717) is 0 Å². The molecule has 0 nitrogen and oxygen atoms in total. The zero-order valence-corrected chi connectivity index (χ0v) is 8.57. The fourth-order valence-corrected chi connectivity index (χ4v) is 1.09. The highest BCUT2D eigenvalue weighted by Crippen LogP contribution is 2.15. The van der Waals surface area contributed by atoms with Crippen molar-refractivity contribution in [3.05, 3.63) is 47.5 Å². The summed E-state index contributed by atoms with van der Waals surface area (Å²) in [6.07, 6.45) is 0.